The van der Waals surface area contributed by atoms with E-state index in [0.29, 0.717) is 16.4 Å². The Labute approximate surface area is 191 Å². The van der Waals surface area contributed by atoms with Crippen LogP contribution in [0.3, 0.4) is 0 Å². The molecular weight excluding hydrogens is 452 g/mol. The molecule has 0 aliphatic heterocycles. The van der Waals surface area contributed by atoms with Gasteiger partial charge in [0.2, 0.25) is 15.2 Å². The molecule has 1 aromatic heterocycles. The number of hydrogen-bond donors (Lipinski definition) is 1. The monoisotopic (exact) mass is 476 g/mol. The molecule has 3 rings (SSSR count). The molecule has 0 radical (unpaired) electrons. The maximum Gasteiger partial charge on any atom is 0.257 e. The van der Waals surface area contributed by atoms with Gasteiger partial charge in [-0.1, -0.05) is 48.2 Å². The summed E-state index contributed by atoms with van der Waals surface area (Å²) in [6.45, 7) is 6.14. The second-order valence-electron chi connectivity index (χ2n) is 7.00. The minimum Gasteiger partial charge on any atom is -0.296 e. The fourth-order valence-electron chi connectivity index (χ4n) is 2.82. The number of nitrogens with zero attached hydrogens (tertiary/aromatic N) is 3. The smallest absolute Gasteiger partial charge is 0.257 e. The lowest BCUT2D eigenvalue weighted by atomic mass is 10.1. The minimum atomic E-state index is -3.48. The molecule has 164 valence electrons. The van der Waals surface area contributed by atoms with Crippen LogP contribution in [-0.4, -0.2) is 36.5 Å². The number of carbonyl (C=O) groups excluding carboxylic acids is 1. The Morgan fingerprint density at radius 1 is 1.10 bits per heavy atom. The van der Waals surface area contributed by atoms with Gasteiger partial charge in [-0.25, -0.2) is 8.42 Å². The zero-order valence-corrected chi connectivity index (χ0v) is 20.2. The Morgan fingerprint density at radius 2 is 1.81 bits per heavy atom. The number of sulfonamides is 1. The molecule has 0 saturated carbocycles. The van der Waals surface area contributed by atoms with Gasteiger partial charge in [0.1, 0.15) is 0 Å². The van der Waals surface area contributed by atoms with Crippen LogP contribution >= 0.6 is 23.1 Å². The van der Waals surface area contributed by atoms with Gasteiger partial charge in [0.05, 0.1) is 18.5 Å². The van der Waals surface area contributed by atoms with Crippen molar-refractivity contribution in [3.8, 4) is 0 Å². The number of amides is 1. The molecule has 0 saturated heterocycles. The van der Waals surface area contributed by atoms with Gasteiger partial charge in [0, 0.05) is 5.56 Å². The van der Waals surface area contributed by atoms with Gasteiger partial charge >= 0.3 is 0 Å². The van der Waals surface area contributed by atoms with Crippen LogP contribution in [0.5, 0.6) is 0 Å². The van der Waals surface area contributed by atoms with Crippen LogP contribution in [0, 0.1) is 13.8 Å². The first-order valence-corrected chi connectivity index (χ1v) is 13.2. The van der Waals surface area contributed by atoms with Crippen molar-refractivity contribution in [2.45, 2.75) is 31.7 Å². The molecule has 2 aromatic carbocycles. The molecule has 0 atom stereocenters. The van der Waals surface area contributed by atoms with E-state index < -0.39 is 10.0 Å². The third-order valence-electron chi connectivity index (χ3n) is 4.62. The summed E-state index contributed by atoms with van der Waals surface area (Å²) in [5.74, 6) is 0.598. The highest BCUT2D eigenvalue weighted by Crippen LogP contribution is 2.26. The van der Waals surface area contributed by atoms with Crippen LogP contribution < -0.4 is 9.62 Å². The molecule has 1 N–H and O–H groups in total. The largest absolute Gasteiger partial charge is 0.296 e. The third kappa shape index (κ3) is 6.05. The average molecular weight is 477 g/mol. The Hall–Kier alpha value is -2.43. The number of thioether (sulfide) groups is 1. The normalized spacial score (nSPS) is 11.4. The summed E-state index contributed by atoms with van der Waals surface area (Å²) < 4.78 is 27.0. The summed E-state index contributed by atoms with van der Waals surface area (Å²) in [6.07, 6.45) is 1.19. The van der Waals surface area contributed by atoms with Crippen molar-refractivity contribution in [3.63, 3.8) is 0 Å². The zero-order valence-electron chi connectivity index (χ0n) is 17.7. The number of rotatable bonds is 8. The van der Waals surface area contributed by atoms with Gasteiger partial charge in [-0.15, -0.1) is 10.2 Å². The third-order valence-corrected chi connectivity index (χ3v) is 7.61. The van der Waals surface area contributed by atoms with Crippen LogP contribution in [0.15, 0.2) is 46.8 Å². The Balaban J connectivity index is 1.74. The molecule has 0 spiro atoms. The minimum absolute atomic E-state index is 0.178. The quantitative estimate of drug-likeness (QED) is 0.381. The van der Waals surface area contributed by atoms with Crippen molar-refractivity contribution in [1.82, 2.24) is 10.2 Å². The molecule has 0 bridgehead atoms. The lowest BCUT2D eigenvalue weighted by molar-refractivity contribution is 0.102. The van der Waals surface area contributed by atoms with Crippen molar-refractivity contribution in [2.24, 2.45) is 0 Å². The fraction of sp³-hybridized carbons (Fsp3) is 0.286. The second-order valence-corrected chi connectivity index (χ2v) is 11.4. The van der Waals surface area contributed by atoms with Crippen molar-refractivity contribution in [1.29, 1.82) is 0 Å². The molecule has 0 unspecified atom stereocenters. The molecular formula is C21H24N4O3S3. The van der Waals surface area contributed by atoms with E-state index in [0.717, 1.165) is 26.8 Å². The summed E-state index contributed by atoms with van der Waals surface area (Å²) in [7, 11) is -3.48. The van der Waals surface area contributed by atoms with Gasteiger partial charge in [0.25, 0.3) is 5.91 Å². The summed E-state index contributed by atoms with van der Waals surface area (Å²) in [6, 6.07) is 12.4. The number of aryl methyl sites for hydroxylation is 2. The molecule has 0 aliphatic carbocycles. The highest BCUT2D eigenvalue weighted by Gasteiger charge is 2.19. The van der Waals surface area contributed by atoms with E-state index in [1.54, 1.807) is 42.1 Å². The SMILES string of the molecule is CCSc1nnc(NC(=O)c2ccc(CN(c3ccc(C)c(C)c3)S(C)(=O)=O)cc2)s1. The predicted molar refractivity (Wildman–Crippen MR) is 128 cm³/mol. The van der Waals surface area contributed by atoms with Gasteiger partial charge < -0.3 is 0 Å². The molecule has 0 fully saturated rings. The molecule has 1 heterocycles. The molecule has 0 aliphatic rings. The zero-order chi connectivity index (χ0) is 22.6. The highest BCUT2D eigenvalue weighted by atomic mass is 32.2. The first kappa shape index (κ1) is 23.2. The first-order valence-electron chi connectivity index (χ1n) is 9.59. The van der Waals surface area contributed by atoms with Crippen LogP contribution in [0.25, 0.3) is 0 Å². The van der Waals surface area contributed by atoms with Crippen molar-refractivity contribution in [3.05, 3.63) is 64.7 Å². The van der Waals surface area contributed by atoms with E-state index in [1.807, 2.05) is 32.9 Å². The maximum absolute atomic E-state index is 12.5. The van der Waals surface area contributed by atoms with Crippen molar-refractivity contribution in [2.75, 3.05) is 21.6 Å². The van der Waals surface area contributed by atoms with E-state index in [4.69, 9.17) is 0 Å². The number of nitrogens with one attached hydrogen (secondary N) is 1. The Morgan fingerprint density at radius 3 is 2.42 bits per heavy atom. The Kier molecular flexibility index (Phi) is 7.34. The number of carbonyl (C=O) groups is 1. The predicted octanol–water partition coefficient (Wildman–Crippen LogP) is 4.49. The van der Waals surface area contributed by atoms with Crippen LogP contribution in [0.2, 0.25) is 0 Å². The summed E-state index contributed by atoms with van der Waals surface area (Å²) in [5, 5.41) is 11.2. The number of anilines is 2. The van der Waals surface area contributed by atoms with Crippen molar-refractivity contribution >= 4 is 49.8 Å². The van der Waals surface area contributed by atoms with Gasteiger partial charge in [-0.2, -0.15) is 0 Å². The fourth-order valence-corrected chi connectivity index (χ4v) is 5.34. The summed E-state index contributed by atoms with van der Waals surface area (Å²) in [4.78, 5) is 12.5. The van der Waals surface area contributed by atoms with Crippen LogP contribution in [-0.2, 0) is 16.6 Å². The highest BCUT2D eigenvalue weighted by molar-refractivity contribution is 8.01. The number of aromatic nitrogens is 2. The van der Waals surface area contributed by atoms with Gasteiger partial charge in [-0.05, 0) is 60.6 Å². The van der Waals surface area contributed by atoms with E-state index in [1.165, 1.54) is 21.9 Å². The number of hydrogen-bond acceptors (Lipinski definition) is 7. The van der Waals surface area contributed by atoms with E-state index in [-0.39, 0.29) is 12.5 Å². The standard InChI is InChI=1S/C21H24N4O3S3/c1-5-29-21-24-23-20(30-21)22-19(26)17-9-7-16(8-10-17)13-25(31(4,27)28)18-11-6-14(2)15(3)12-18/h6-12H,5,13H2,1-4H3,(H,22,23,26). The van der Waals surface area contributed by atoms with Crippen molar-refractivity contribution < 1.29 is 13.2 Å². The number of benzene rings is 2. The summed E-state index contributed by atoms with van der Waals surface area (Å²) in [5.41, 5.74) is 3.97. The maximum atomic E-state index is 12.5. The molecule has 7 nitrogen and oxygen atoms in total. The van der Waals surface area contributed by atoms with Crippen LogP contribution in [0.4, 0.5) is 10.8 Å². The van der Waals surface area contributed by atoms with E-state index in [2.05, 4.69) is 15.5 Å². The summed E-state index contributed by atoms with van der Waals surface area (Å²) >= 11 is 2.90. The van der Waals surface area contributed by atoms with E-state index >= 15 is 0 Å². The average Bonchev–Trinajstić information content (AvgIpc) is 3.15. The van der Waals surface area contributed by atoms with Gasteiger partial charge in [-0.3, -0.25) is 14.4 Å². The molecule has 3 aromatic rings. The second kappa shape index (κ2) is 9.80. The topological polar surface area (TPSA) is 92.3 Å². The van der Waals surface area contributed by atoms with Crippen LogP contribution in [0.1, 0.15) is 34.0 Å². The Bertz CT molecular complexity index is 1170. The molecule has 31 heavy (non-hydrogen) atoms. The first-order chi connectivity index (χ1) is 14.7. The molecule has 10 heteroatoms. The lowest BCUT2D eigenvalue weighted by Crippen LogP contribution is -2.29. The van der Waals surface area contributed by atoms with E-state index in [9.17, 15) is 13.2 Å². The molecule has 1 amide bonds. The van der Waals surface area contributed by atoms with Gasteiger partial charge in [0.15, 0.2) is 4.34 Å². The lowest BCUT2D eigenvalue weighted by Gasteiger charge is -2.23.